The quantitative estimate of drug-likeness (QED) is 0.453. The van der Waals surface area contributed by atoms with Gasteiger partial charge in [0.15, 0.2) is 11.5 Å². The van der Waals surface area contributed by atoms with Gasteiger partial charge in [0.2, 0.25) is 0 Å². The smallest absolute Gasteiger partial charge is 0.337 e. The number of nitrogens with zero attached hydrogens (tertiary/aromatic N) is 1. The molecule has 0 spiro atoms. The SMILES string of the molecule is CCOC(=O)C1=C(CN2C(=O)NC(C)(c3ccc4c(c3)OCCO4)C2=O)NC(=O)NC1. The second-order valence-electron chi connectivity index (χ2n) is 7.29. The Balaban J connectivity index is 1.62. The van der Waals surface area contributed by atoms with E-state index in [9.17, 15) is 19.2 Å². The monoisotopic (exact) mass is 430 g/mol. The number of carbonyl (C=O) groups is 4. The van der Waals surface area contributed by atoms with Gasteiger partial charge in [-0.15, -0.1) is 0 Å². The van der Waals surface area contributed by atoms with E-state index in [1.54, 1.807) is 32.0 Å². The summed E-state index contributed by atoms with van der Waals surface area (Å²) in [7, 11) is 0. The molecule has 3 heterocycles. The number of rotatable bonds is 5. The fourth-order valence-corrected chi connectivity index (χ4v) is 3.63. The topological polar surface area (TPSA) is 135 Å². The Kier molecular flexibility index (Phi) is 5.17. The Bertz CT molecular complexity index is 1010. The Morgan fingerprint density at radius 3 is 2.68 bits per heavy atom. The summed E-state index contributed by atoms with van der Waals surface area (Å²) in [6.45, 7) is 3.86. The number of nitrogens with one attached hydrogen (secondary N) is 3. The number of hydrogen-bond donors (Lipinski definition) is 3. The molecule has 1 saturated heterocycles. The molecule has 3 aliphatic heterocycles. The number of esters is 1. The third kappa shape index (κ3) is 3.62. The molecule has 11 nitrogen and oxygen atoms in total. The Hall–Kier alpha value is -3.76. The van der Waals surface area contributed by atoms with Gasteiger partial charge in [-0.05, 0) is 31.5 Å². The van der Waals surface area contributed by atoms with Crippen LogP contribution in [0, 0.1) is 0 Å². The zero-order chi connectivity index (χ0) is 22.2. The van der Waals surface area contributed by atoms with E-state index >= 15 is 0 Å². The molecule has 0 bridgehead atoms. The van der Waals surface area contributed by atoms with Crippen molar-refractivity contribution in [1.82, 2.24) is 20.9 Å². The molecule has 0 aliphatic carbocycles. The third-order valence-electron chi connectivity index (χ3n) is 5.29. The van der Waals surface area contributed by atoms with Crippen LogP contribution in [0.1, 0.15) is 19.4 Å². The minimum atomic E-state index is -1.35. The highest BCUT2D eigenvalue weighted by atomic mass is 16.6. The number of amides is 5. The first-order chi connectivity index (χ1) is 14.8. The van der Waals surface area contributed by atoms with Crippen molar-refractivity contribution in [3.63, 3.8) is 0 Å². The molecule has 1 aromatic rings. The Morgan fingerprint density at radius 1 is 1.19 bits per heavy atom. The highest BCUT2D eigenvalue weighted by Crippen LogP contribution is 2.37. The van der Waals surface area contributed by atoms with E-state index in [1.807, 2.05) is 0 Å². The van der Waals surface area contributed by atoms with Crippen molar-refractivity contribution in [3.05, 3.63) is 35.0 Å². The van der Waals surface area contributed by atoms with E-state index in [0.29, 0.717) is 30.3 Å². The number of hydrogen-bond acceptors (Lipinski definition) is 7. The lowest BCUT2D eigenvalue weighted by Gasteiger charge is -2.26. The number of benzene rings is 1. The molecule has 5 amide bonds. The summed E-state index contributed by atoms with van der Waals surface area (Å²) in [5.74, 6) is -0.110. The molecule has 3 aliphatic rings. The highest BCUT2D eigenvalue weighted by Gasteiger charge is 2.50. The molecule has 1 atom stereocenters. The van der Waals surface area contributed by atoms with Crippen LogP contribution >= 0.6 is 0 Å². The molecule has 1 aromatic carbocycles. The molecular formula is C20H22N4O7. The van der Waals surface area contributed by atoms with Crippen LogP contribution in [0.4, 0.5) is 9.59 Å². The molecule has 3 N–H and O–H groups in total. The number of urea groups is 2. The molecule has 11 heteroatoms. The van der Waals surface area contributed by atoms with Gasteiger partial charge < -0.3 is 30.2 Å². The van der Waals surface area contributed by atoms with Crippen LogP contribution in [-0.4, -0.2) is 61.7 Å². The van der Waals surface area contributed by atoms with Crippen LogP contribution in [0.3, 0.4) is 0 Å². The second-order valence-corrected chi connectivity index (χ2v) is 7.29. The molecule has 1 unspecified atom stereocenters. The Labute approximate surface area is 177 Å². The van der Waals surface area contributed by atoms with Crippen molar-refractivity contribution >= 4 is 23.9 Å². The van der Waals surface area contributed by atoms with E-state index < -0.39 is 29.5 Å². The Morgan fingerprint density at radius 2 is 1.94 bits per heavy atom. The van der Waals surface area contributed by atoms with Crippen molar-refractivity contribution in [2.75, 3.05) is 32.9 Å². The predicted octanol–water partition coefficient (Wildman–Crippen LogP) is 0.355. The van der Waals surface area contributed by atoms with Gasteiger partial charge in [-0.25, -0.2) is 14.4 Å². The second kappa shape index (κ2) is 7.82. The van der Waals surface area contributed by atoms with Crippen LogP contribution in [0.25, 0.3) is 0 Å². The average molecular weight is 430 g/mol. The summed E-state index contributed by atoms with van der Waals surface area (Å²) in [6, 6.07) is 3.85. The summed E-state index contributed by atoms with van der Waals surface area (Å²) < 4.78 is 16.1. The fraction of sp³-hybridized carbons (Fsp3) is 0.400. The summed E-state index contributed by atoms with van der Waals surface area (Å²) >= 11 is 0. The van der Waals surface area contributed by atoms with Crippen molar-refractivity contribution in [1.29, 1.82) is 0 Å². The third-order valence-corrected chi connectivity index (χ3v) is 5.29. The lowest BCUT2D eigenvalue weighted by atomic mass is 9.91. The van der Waals surface area contributed by atoms with Crippen LogP contribution in [-0.2, 0) is 19.9 Å². The number of fused-ring (bicyclic) bond motifs is 1. The maximum absolute atomic E-state index is 13.3. The van der Waals surface area contributed by atoms with Crippen molar-refractivity contribution in [2.45, 2.75) is 19.4 Å². The first kappa shape index (κ1) is 20.5. The number of ether oxygens (including phenoxy) is 3. The van der Waals surface area contributed by atoms with E-state index in [1.165, 1.54) is 0 Å². The van der Waals surface area contributed by atoms with Gasteiger partial charge in [-0.1, -0.05) is 6.07 Å². The van der Waals surface area contributed by atoms with Crippen molar-refractivity contribution in [3.8, 4) is 11.5 Å². The highest BCUT2D eigenvalue weighted by molar-refractivity contribution is 6.07. The number of carbonyl (C=O) groups excluding carboxylic acids is 4. The van der Waals surface area contributed by atoms with Gasteiger partial charge in [-0.2, -0.15) is 0 Å². The van der Waals surface area contributed by atoms with Crippen LogP contribution in [0.15, 0.2) is 29.5 Å². The first-order valence-electron chi connectivity index (χ1n) is 9.81. The van der Waals surface area contributed by atoms with Gasteiger partial charge in [-0.3, -0.25) is 9.69 Å². The van der Waals surface area contributed by atoms with Crippen LogP contribution < -0.4 is 25.4 Å². The van der Waals surface area contributed by atoms with Crippen molar-refractivity contribution in [2.24, 2.45) is 0 Å². The first-order valence-corrected chi connectivity index (χ1v) is 9.81. The van der Waals surface area contributed by atoms with Crippen molar-refractivity contribution < 1.29 is 33.4 Å². The van der Waals surface area contributed by atoms with Gasteiger partial charge in [0, 0.05) is 0 Å². The molecule has 0 aromatic heterocycles. The zero-order valence-electron chi connectivity index (χ0n) is 17.1. The summed E-state index contributed by atoms with van der Waals surface area (Å²) in [6.07, 6.45) is 0. The van der Waals surface area contributed by atoms with Crippen LogP contribution in [0.5, 0.6) is 11.5 Å². The van der Waals surface area contributed by atoms with E-state index in [-0.39, 0.29) is 31.0 Å². The fourth-order valence-electron chi connectivity index (χ4n) is 3.63. The predicted molar refractivity (Wildman–Crippen MR) is 105 cm³/mol. The molecule has 1 fully saturated rings. The van der Waals surface area contributed by atoms with E-state index in [0.717, 1.165) is 4.90 Å². The molecule has 0 saturated carbocycles. The summed E-state index contributed by atoms with van der Waals surface area (Å²) in [5.41, 5.74) is -0.548. The van der Waals surface area contributed by atoms with E-state index in [4.69, 9.17) is 14.2 Å². The van der Waals surface area contributed by atoms with Gasteiger partial charge >= 0.3 is 18.0 Å². The largest absolute Gasteiger partial charge is 0.486 e. The number of imide groups is 1. The average Bonchev–Trinajstić information content (AvgIpc) is 2.97. The summed E-state index contributed by atoms with van der Waals surface area (Å²) in [4.78, 5) is 50.9. The molecule has 0 radical (unpaired) electrons. The standard InChI is InChI=1S/C20H22N4O7/c1-3-29-16(25)12-9-21-18(27)22-13(12)10-24-17(26)20(2,23-19(24)28)11-4-5-14-15(8-11)31-7-6-30-14/h4-5,8H,3,6-7,9-10H2,1-2H3,(H,23,28)(H2,21,22,27). The van der Waals surface area contributed by atoms with Crippen LogP contribution in [0.2, 0.25) is 0 Å². The molecule has 31 heavy (non-hydrogen) atoms. The minimum Gasteiger partial charge on any atom is -0.486 e. The summed E-state index contributed by atoms with van der Waals surface area (Å²) in [5, 5.41) is 7.68. The lowest BCUT2D eigenvalue weighted by molar-refractivity contribution is -0.139. The minimum absolute atomic E-state index is 0.0664. The molecular weight excluding hydrogens is 408 g/mol. The van der Waals surface area contributed by atoms with Gasteiger partial charge in [0.05, 0.1) is 31.0 Å². The van der Waals surface area contributed by atoms with Gasteiger partial charge in [0.25, 0.3) is 5.91 Å². The van der Waals surface area contributed by atoms with Gasteiger partial charge in [0.1, 0.15) is 18.8 Å². The maximum Gasteiger partial charge on any atom is 0.337 e. The molecule has 4 rings (SSSR count). The van der Waals surface area contributed by atoms with E-state index in [2.05, 4.69) is 16.0 Å². The normalized spacial score (nSPS) is 22.6. The lowest BCUT2D eigenvalue weighted by Crippen LogP contribution is -2.48. The molecule has 164 valence electrons. The maximum atomic E-state index is 13.3. The zero-order valence-corrected chi connectivity index (χ0v) is 17.1.